The van der Waals surface area contributed by atoms with E-state index in [0.717, 1.165) is 4.57 Å². The number of benzene rings is 1. The van der Waals surface area contributed by atoms with E-state index in [2.05, 4.69) is 4.99 Å². The molecule has 0 atom stereocenters. The van der Waals surface area contributed by atoms with E-state index < -0.39 is 5.56 Å². The lowest BCUT2D eigenvalue weighted by Gasteiger charge is -2.13. The van der Waals surface area contributed by atoms with Gasteiger partial charge in [0.05, 0.1) is 24.1 Å². The second kappa shape index (κ2) is 7.07. The first-order valence-electron chi connectivity index (χ1n) is 7.69. The van der Waals surface area contributed by atoms with Gasteiger partial charge in [0.15, 0.2) is 0 Å². The van der Waals surface area contributed by atoms with Crippen molar-refractivity contribution in [1.82, 2.24) is 4.57 Å². The first kappa shape index (κ1) is 17.2. The quantitative estimate of drug-likeness (QED) is 0.730. The van der Waals surface area contributed by atoms with Crippen molar-refractivity contribution in [1.29, 1.82) is 5.26 Å². The van der Waals surface area contributed by atoms with Gasteiger partial charge in [-0.3, -0.25) is 14.4 Å². The number of pyridine rings is 1. The molecule has 3 aromatic rings. The van der Waals surface area contributed by atoms with Crippen molar-refractivity contribution in [2.45, 2.75) is 13.5 Å². The summed E-state index contributed by atoms with van der Waals surface area (Å²) in [5.74, 6) is -0.257. The summed E-state index contributed by atoms with van der Waals surface area (Å²) in [6.07, 6.45) is 2.80. The average molecular weight is 351 g/mol. The fourth-order valence-corrected chi connectivity index (χ4v) is 2.50. The number of furan rings is 1. The van der Waals surface area contributed by atoms with Gasteiger partial charge in [-0.05, 0) is 48.9 Å². The summed E-state index contributed by atoms with van der Waals surface area (Å²) < 4.78 is 19.2. The van der Waals surface area contributed by atoms with Crippen LogP contribution in [-0.4, -0.2) is 15.9 Å². The molecule has 0 radical (unpaired) electrons. The summed E-state index contributed by atoms with van der Waals surface area (Å²) in [5, 5.41) is 19.9. The van der Waals surface area contributed by atoms with E-state index in [1.165, 1.54) is 36.7 Å². The summed E-state index contributed by atoms with van der Waals surface area (Å²) in [6.45, 7) is 1.53. The van der Waals surface area contributed by atoms with E-state index in [1.54, 1.807) is 19.1 Å². The van der Waals surface area contributed by atoms with Gasteiger partial charge < -0.3 is 9.52 Å². The van der Waals surface area contributed by atoms with Gasteiger partial charge >= 0.3 is 0 Å². The van der Waals surface area contributed by atoms with E-state index in [1.807, 2.05) is 6.07 Å². The van der Waals surface area contributed by atoms with Gasteiger partial charge in [0, 0.05) is 6.21 Å². The Hall–Kier alpha value is -3.66. The summed E-state index contributed by atoms with van der Waals surface area (Å²) in [5.41, 5.74) is 0.314. The zero-order valence-corrected chi connectivity index (χ0v) is 13.8. The van der Waals surface area contributed by atoms with Crippen molar-refractivity contribution in [3.05, 3.63) is 81.3 Å². The fourth-order valence-electron chi connectivity index (χ4n) is 2.50. The van der Waals surface area contributed by atoms with Crippen molar-refractivity contribution in [3.8, 4) is 11.9 Å². The van der Waals surface area contributed by atoms with E-state index in [4.69, 9.17) is 4.42 Å². The molecule has 0 unspecified atom stereocenters. The molecule has 0 spiro atoms. The minimum Gasteiger partial charge on any atom is -0.494 e. The van der Waals surface area contributed by atoms with E-state index in [0.29, 0.717) is 17.0 Å². The van der Waals surface area contributed by atoms with Gasteiger partial charge in [-0.1, -0.05) is 0 Å². The number of halogens is 1. The van der Waals surface area contributed by atoms with Crippen LogP contribution in [-0.2, 0) is 6.54 Å². The van der Waals surface area contributed by atoms with Crippen LogP contribution in [0.5, 0.6) is 5.88 Å². The van der Waals surface area contributed by atoms with Crippen LogP contribution in [0, 0.1) is 24.1 Å². The minimum absolute atomic E-state index is 0.0238. The molecule has 3 rings (SSSR count). The summed E-state index contributed by atoms with van der Waals surface area (Å²) in [7, 11) is 0. The maximum Gasteiger partial charge on any atom is 0.271 e. The van der Waals surface area contributed by atoms with E-state index in [-0.39, 0.29) is 29.4 Å². The Labute approximate surface area is 148 Å². The van der Waals surface area contributed by atoms with Gasteiger partial charge in [-0.25, -0.2) is 4.39 Å². The molecule has 0 aliphatic heterocycles. The molecule has 2 aromatic heterocycles. The standard InChI is InChI=1S/C19H14FN3O3/c1-12-16(9-21)18(24)23(11-15-3-2-8-26-15)19(25)17(12)10-22-14-6-4-13(20)5-7-14/h2-8,10,25H,11H2,1H3. The monoisotopic (exact) mass is 351 g/mol. The van der Waals surface area contributed by atoms with Crippen LogP contribution in [0.1, 0.15) is 22.5 Å². The lowest BCUT2D eigenvalue weighted by molar-refractivity contribution is 0.397. The predicted molar refractivity (Wildman–Crippen MR) is 93.3 cm³/mol. The zero-order valence-electron chi connectivity index (χ0n) is 13.8. The number of nitrogens with zero attached hydrogens (tertiary/aromatic N) is 3. The number of aliphatic imine (C=N–C) groups is 1. The first-order valence-corrected chi connectivity index (χ1v) is 7.69. The molecule has 2 heterocycles. The van der Waals surface area contributed by atoms with Crippen molar-refractivity contribution in [2.75, 3.05) is 0 Å². The van der Waals surface area contributed by atoms with Crippen molar-refractivity contribution >= 4 is 11.9 Å². The van der Waals surface area contributed by atoms with Gasteiger partial charge in [-0.15, -0.1) is 0 Å². The molecule has 1 N–H and O–H groups in total. The molecule has 26 heavy (non-hydrogen) atoms. The Morgan fingerprint density at radius 2 is 2.08 bits per heavy atom. The molecule has 6 nitrogen and oxygen atoms in total. The van der Waals surface area contributed by atoms with Gasteiger partial charge in [0.1, 0.15) is 23.2 Å². The minimum atomic E-state index is -0.613. The largest absolute Gasteiger partial charge is 0.494 e. The number of nitriles is 1. The molecular formula is C19H14FN3O3. The van der Waals surface area contributed by atoms with Gasteiger partial charge in [-0.2, -0.15) is 5.26 Å². The fraction of sp³-hybridized carbons (Fsp3) is 0.105. The molecule has 0 fully saturated rings. The number of hydrogen-bond acceptors (Lipinski definition) is 5. The van der Waals surface area contributed by atoms with Crippen LogP contribution in [0.25, 0.3) is 0 Å². The highest BCUT2D eigenvalue weighted by Gasteiger charge is 2.18. The van der Waals surface area contributed by atoms with Crippen molar-refractivity contribution in [2.24, 2.45) is 4.99 Å². The second-order valence-corrected chi connectivity index (χ2v) is 5.55. The third-order valence-corrected chi connectivity index (χ3v) is 3.91. The predicted octanol–water partition coefficient (Wildman–Crippen LogP) is 3.27. The van der Waals surface area contributed by atoms with Crippen LogP contribution < -0.4 is 5.56 Å². The highest BCUT2D eigenvalue weighted by Crippen LogP contribution is 2.22. The molecule has 1 aromatic carbocycles. The molecule has 0 aliphatic rings. The Morgan fingerprint density at radius 3 is 2.69 bits per heavy atom. The molecular weight excluding hydrogens is 337 g/mol. The average Bonchev–Trinajstić information content (AvgIpc) is 3.14. The van der Waals surface area contributed by atoms with E-state index >= 15 is 0 Å². The molecule has 0 amide bonds. The molecule has 7 heteroatoms. The highest BCUT2D eigenvalue weighted by molar-refractivity contribution is 5.87. The van der Waals surface area contributed by atoms with Crippen LogP contribution >= 0.6 is 0 Å². The number of rotatable bonds is 4. The summed E-state index contributed by atoms with van der Waals surface area (Å²) in [6, 6.07) is 10.7. The number of hydrogen-bond donors (Lipinski definition) is 1. The van der Waals surface area contributed by atoms with Crippen molar-refractivity contribution < 1.29 is 13.9 Å². The lowest BCUT2D eigenvalue weighted by atomic mass is 10.1. The SMILES string of the molecule is Cc1c(C=Nc2ccc(F)cc2)c(O)n(Cc2ccco2)c(=O)c1C#N. The topological polar surface area (TPSA) is 91.5 Å². The molecule has 0 bridgehead atoms. The normalized spacial score (nSPS) is 11.0. The maximum absolute atomic E-state index is 13.0. The Balaban J connectivity index is 2.10. The summed E-state index contributed by atoms with van der Waals surface area (Å²) >= 11 is 0. The zero-order chi connectivity index (χ0) is 18.7. The molecule has 0 aliphatic carbocycles. The molecule has 0 saturated carbocycles. The number of aromatic nitrogens is 1. The van der Waals surface area contributed by atoms with Crippen LogP contribution in [0.2, 0.25) is 0 Å². The third kappa shape index (κ3) is 3.26. The number of aromatic hydroxyl groups is 1. The smallest absolute Gasteiger partial charge is 0.271 e. The van der Waals surface area contributed by atoms with Crippen LogP contribution in [0.15, 0.2) is 56.9 Å². The van der Waals surface area contributed by atoms with Crippen molar-refractivity contribution in [3.63, 3.8) is 0 Å². The third-order valence-electron chi connectivity index (χ3n) is 3.91. The highest BCUT2D eigenvalue weighted by atomic mass is 19.1. The Bertz CT molecular complexity index is 1060. The first-order chi connectivity index (χ1) is 12.5. The lowest BCUT2D eigenvalue weighted by Crippen LogP contribution is -2.25. The molecule has 130 valence electrons. The van der Waals surface area contributed by atoms with Gasteiger partial charge in [0.2, 0.25) is 5.88 Å². The Morgan fingerprint density at radius 1 is 1.35 bits per heavy atom. The second-order valence-electron chi connectivity index (χ2n) is 5.55. The van der Waals surface area contributed by atoms with E-state index in [9.17, 15) is 19.6 Å². The van der Waals surface area contributed by atoms with Gasteiger partial charge in [0.25, 0.3) is 5.56 Å². The van der Waals surface area contributed by atoms with Crippen LogP contribution in [0.4, 0.5) is 10.1 Å². The molecule has 0 saturated heterocycles. The summed E-state index contributed by atoms with van der Waals surface area (Å²) in [4.78, 5) is 16.7. The maximum atomic E-state index is 13.0. The Kier molecular flexibility index (Phi) is 4.67. The van der Waals surface area contributed by atoms with Crippen LogP contribution in [0.3, 0.4) is 0 Å².